The normalized spacial score (nSPS) is 12.9. The van der Waals surface area contributed by atoms with Gasteiger partial charge in [0.25, 0.3) is 0 Å². The first-order valence-electron chi connectivity index (χ1n) is 8.80. The molecule has 0 saturated heterocycles. The molecule has 0 fully saturated rings. The predicted octanol–water partition coefficient (Wildman–Crippen LogP) is 4.45. The molecule has 6 heteroatoms. The minimum Gasteiger partial charge on any atom is -0.439 e. The Bertz CT molecular complexity index is 844. The van der Waals surface area contributed by atoms with Crippen LogP contribution in [0.3, 0.4) is 0 Å². The Morgan fingerprint density at radius 1 is 1.21 bits per heavy atom. The van der Waals surface area contributed by atoms with Crippen LogP contribution in [0, 0.1) is 5.82 Å². The number of nitrogens with two attached hydrogens (primary N) is 1. The van der Waals surface area contributed by atoms with Crippen LogP contribution in [-0.2, 0) is 0 Å². The van der Waals surface area contributed by atoms with Gasteiger partial charge in [0, 0.05) is 25.7 Å². The van der Waals surface area contributed by atoms with Gasteiger partial charge in [-0.25, -0.2) is 9.82 Å². The molecule has 0 saturated carbocycles. The van der Waals surface area contributed by atoms with E-state index in [4.69, 9.17) is 10.5 Å². The molecule has 1 aromatic rings. The third-order valence-corrected chi connectivity index (χ3v) is 3.55. The van der Waals surface area contributed by atoms with Gasteiger partial charge in [0.1, 0.15) is 11.6 Å². The van der Waals surface area contributed by atoms with Crippen molar-refractivity contribution in [3.63, 3.8) is 0 Å². The first-order chi connectivity index (χ1) is 13.3. The van der Waals surface area contributed by atoms with E-state index < -0.39 is 5.82 Å². The van der Waals surface area contributed by atoms with E-state index in [0.29, 0.717) is 11.3 Å². The number of anilines is 1. The number of hydrazine groups is 1. The molecule has 0 radical (unpaired) electrons. The van der Waals surface area contributed by atoms with Crippen molar-refractivity contribution in [1.29, 1.82) is 0 Å². The number of hydrogen-bond donors (Lipinski definition) is 3. The van der Waals surface area contributed by atoms with Crippen molar-refractivity contribution in [2.75, 3.05) is 19.8 Å². The van der Waals surface area contributed by atoms with Crippen LogP contribution >= 0.6 is 0 Å². The maximum Gasteiger partial charge on any atom is 0.221 e. The molecule has 0 aliphatic rings. The third kappa shape index (κ3) is 7.63. The first-order valence-corrected chi connectivity index (χ1v) is 8.80. The summed E-state index contributed by atoms with van der Waals surface area (Å²) in [6, 6.07) is 4.23. The zero-order valence-electron chi connectivity index (χ0n) is 17.1. The summed E-state index contributed by atoms with van der Waals surface area (Å²) in [5.74, 6) is 0.0166. The highest BCUT2D eigenvalue weighted by molar-refractivity contribution is 5.97. The predicted molar refractivity (Wildman–Crippen MR) is 117 cm³/mol. The van der Waals surface area contributed by atoms with Gasteiger partial charge >= 0.3 is 0 Å². The van der Waals surface area contributed by atoms with E-state index in [1.54, 1.807) is 26.2 Å². The van der Waals surface area contributed by atoms with Crippen LogP contribution in [0.1, 0.15) is 20.8 Å². The molecule has 0 aromatic heterocycles. The van der Waals surface area contributed by atoms with Crippen LogP contribution in [0.15, 0.2) is 82.6 Å². The van der Waals surface area contributed by atoms with Crippen LogP contribution in [-0.4, -0.2) is 20.0 Å². The van der Waals surface area contributed by atoms with E-state index in [1.165, 1.54) is 17.7 Å². The van der Waals surface area contributed by atoms with Crippen LogP contribution in [0.4, 0.5) is 10.1 Å². The van der Waals surface area contributed by atoms with E-state index in [9.17, 15) is 4.39 Å². The number of aliphatic imine (C=N–C) groups is 1. The number of rotatable bonds is 8. The molecule has 0 amide bonds. The summed E-state index contributed by atoms with van der Waals surface area (Å²) in [7, 11) is 3.35. The fourth-order valence-corrected chi connectivity index (χ4v) is 2.09. The van der Waals surface area contributed by atoms with E-state index in [1.807, 2.05) is 45.1 Å². The smallest absolute Gasteiger partial charge is 0.221 e. The summed E-state index contributed by atoms with van der Waals surface area (Å²) < 4.78 is 19.3. The molecule has 1 rings (SSSR count). The van der Waals surface area contributed by atoms with Gasteiger partial charge < -0.3 is 15.9 Å². The van der Waals surface area contributed by atoms with E-state index in [2.05, 4.69) is 22.4 Å². The van der Waals surface area contributed by atoms with Gasteiger partial charge in [-0.1, -0.05) is 36.5 Å². The SMILES string of the molecule is C=C(/C=C(NNC)/C(C)=C/C=C\C=C(C)C)C(=NC)Oc1ccc(N)c(F)c1. The van der Waals surface area contributed by atoms with Gasteiger partial charge in [-0.2, -0.15) is 0 Å². The maximum absolute atomic E-state index is 13.6. The van der Waals surface area contributed by atoms with Gasteiger partial charge in [-0.15, -0.1) is 0 Å². The minimum absolute atomic E-state index is 0.0588. The summed E-state index contributed by atoms with van der Waals surface area (Å²) in [4.78, 5) is 4.11. The summed E-state index contributed by atoms with van der Waals surface area (Å²) in [5, 5.41) is 0. The molecule has 0 atom stereocenters. The van der Waals surface area contributed by atoms with Gasteiger partial charge in [0.05, 0.1) is 11.4 Å². The molecule has 4 N–H and O–H groups in total. The first kappa shape index (κ1) is 22.9. The molecular formula is C22H29FN4O. The zero-order chi connectivity index (χ0) is 21.1. The molecule has 0 spiro atoms. The number of halogens is 1. The number of nitrogens with zero attached hydrogens (tertiary/aromatic N) is 1. The Morgan fingerprint density at radius 3 is 2.46 bits per heavy atom. The van der Waals surface area contributed by atoms with Gasteiger partial charge in [-0.3, -0.25) is 4.99 Å². The van der Waals surface area contributed by atoms with E-state index >= 15 is 0 Å². The second-order valence-corrected chi connectivity index (χ2v) is 6.25. The molecule has 5 nitrogen and oxygen atoms in total. The molecule has 1 aromatic carbocycles. The van der Waals surface area contributed by atoms with Crippen molar-refractivity contribution >= 4 is 11.6 Å². The van der Waals surface area contributed by atoms with Gasteiger partial charge in [0.2, 0.25) is 5.90 Å². The molecule has 0 unspecified atom stereocenters. The molecule has 0 aliphatic heterocycles. The monoisotopic (exact) mass is 384 g/mol. The van der Waals surface area contributed by atoms with Crippen molar-refractivity contribution < 1.29 is 9.13 Å². The van der Waals surface area contributed by atoms with Crippen LogP contribution < -0.4 is 21.3 Å². The van der Waals surface area contributed by atoms with Crippen molar-refractivity contribution in [2.24, 2.45) is 4.99 Å². The van der Waals surface area contributed by atoms with Crippen molar-refractivity contribution in [3.05, 3.63) is 83.4 Å². The van der Waals surface area contributed by atoms with Crippen molar-refractivity contribution in [3.8, 4) is 5.75 Å². The second kappa shape index (κ2) is 11.6. The Morgan fingerprint density at radius 2 is 1.89 bits per heavy atom. The average molecular weight is 384 g/mol. The van der Waals surface area contributed by atoms with E-state index in [0.717, 1.165) is 11.3 Å². The number of ether oxygens (including phenoxy) is 1. The number of nitrogen functional groups attached to an aromatic ring is 1. The summed E-state index contributed by atoms with van der Waals surface area (Å²) in [6.45, 7) is 10.1. The van der Waals surface area contributed by atoms with Gasteiger partial charge in [-0.05, 0) is 44.6 Å². The lowest BCUT2D eigenvalue weighted by Crippen LogP contribution is -2.27. The molecule has 150 valence electrons. The molecule has 0 heterocycles. The maximum atomic E-state index is 13.6. The third-order valence-electron chi connectivity index (χ3n) is 3.55. The summed E-state index contributed by atoms with van der Waals surface area (Å²) in [5.41, 5.74) is 15.0. The Kier molecular flexibility index (Phi) is 9.47. The number of benzene rings is 1. The molecular weight excluding hydrogens is 355 g/mol. The summed E-state index contributed by atoms with van der Waals surface area (Å²) in [6.07, 6.45) is 9.73. The van der Waals surface area contributed by atoms with E-state index in [-0.39, 0.29) is 11.6 Å². The number of hydrogen-bond acceptors (Lipinski definition) is 5. The second-order valence-electron chi connectivity index (χ2n) is 6.25. The number of nitrogens with one attached hydrogen (secondary N) is 2. The average Bonchev–Trinajstić information content (AvgIpc) is 2.65. The Balaban J connectivity index is 3.03. The zero-order valence-corrected chi connectivity index (χ0v) is 17.1. The highest BCUT2D eigenvalue weighted by Crippen LogP contribution is 2.20. The Labute approximate surface area is 166 Å². The van der Waals surface area contributed by atoms with Crippen LogP contribution in [0.5, 0.6) is 5.75 Å². The number of allylic oxidation sites excluding steroid dienone is 6. The fraction of sp³-hybridized carbons (Fsp3) is 0.227. The van der Waals surface area contributed by atoms with Gasteiger partial charge in [0.15, 0.2) is 0 Å². The highest BCUT2D eigenvalue weighted by Gasteiger charge is 2.09. The lowest BCUT2D eigenvalue weighted by atomic mass is 10.1. The quantitative estimate of drug-likeness (QED) is 0.204. The topological polar surface area (TPSA) is 71.7 Å². The fourth-order valence-electron chi connectivity index (χ4n) is 2.09. The Hall–Kier alpha value is -3.12. The molecule has 0 aliphatic carbocycles. The standard InChI is InChI=1S/C22H29FN4O/c1-15(2)9-7-8-10-16(3)21(27-26-6)13-17(4)22(25-5)28-18-11-12-20(24)19(23)14-18/h7-14,26-27H,4,24H2,1-3,5-6H3/b8-7-,16-10+,21-13-,25-22?. The lowest BCUT2D eigenvalue weighted by Gasteiger charge is -2.13. The largest absolute Gasteiger partial charge is 0.439 e. The molecule has 0 bridgehead atoms. The van der Waals surface area contributed by atoms with Crippen LogP contribution in [0.25, 0.3) is 0 Å². The minimum atomic E-state index is -0.548. The molecule has 28 heavy (non-hydrogen) atoms. The highest BCUT2D eigenvalue weighted by atomic mass is 19.1. The van der Waals surface area contributed by atoms with Crippen LogP contribution in [0.2, 0.25) is 0 Å². The lowest BCUT2D eigenvalue weighted by molar-refractivity contribution is 0.540. The van der Waals surface area contributed by atoms with Crippen molar-refractivity contribution in [2.45, 2.75) is 20.8 Å². The summed E-state index contributed by atoms with van der Waals surface area (Å²) >= 11 is 0. The van der Waals surface area contributed by atoms with Crippen molar-refractivity contribution in [1.82, 2.24) is 10.9 Å².